The Morgan fingerprint density at radius 2 is 2.29 bits per heavy atom. The molecule has 1 rings (SSSR count). The van der Waals surface area contributed by atoms with Crippen LogP contribution in [0.15, 0.2) is 18.3 Å². The molecule has 0 spiro atoms. The molecule has 1 aromatic heterocycles. The third-order valence-electron chi connectivity index (χ3n) is 1.29. The number of alkyl halides is 2. The summed E-state index contributed by atoms with van der Waals surface area (Å²) in [6, 6.07) is 2.30. The van der Waals surface area contributed by atoms with Gasteiger partial charge in [-0.05, 0) is 0 Å². The van der Waals surface area contributed by atoms with Crippen LogP contribution < -0.4 is 4.74 Å². The number of hydrogen-bond acceptors (Lipinski definition) is 4. The molecule has 14 heavy (non-hydrogen) atoms. The van der Waals surface area contributed by atoms with Crippen LogP contribution in [-0.2, 0) is 0 Å². The average molecular weight is 204 g/mol. The van der Waals surface area contributed by atoms with Gasteiger partial charge in [0.15, 0.2) is 6.61 Å². The standard InChI is InChI=1S/C7H6F2N2O3/c8-6(9)4-14-7-2-1-5(3-10-7)11(12)13/h1-3,6H,4H2. The zero-order valence-electron chi connectivity index (χ0n) is 6.89. The average Bonchev–Trinajstić information content (AvgIpc) is 2.15. The molecule has 0 aliphatic rings. The second-order valence-corrected chi connectivity index (χ2v) is 2.31. The minimum absolute atomic E-state index is 0.0594. The van der Waals surface area contributed by atoms with E-state index in [0.29, 0.717) is 0 Å². The molecule has 0 fully saturated rings. The lowest BCUT2D eigenvalue weighted by molar-refractivity contribution is -0.385. The first-order valence-corrected chi connectivity index (χ1v) is 3.61. The molecule has 1 heterocycles. The number of nitro groups is 1. The minimum Gasteiger partial charge on any atom is -0.472 e. The minimum atomic E-state index is -2.59. The molecule has 1 aromatic rings. The summed E-state index contributed by atoms with van der Waals surface area (Å²) in [5.74, 6) is -0.0594. The van der Waals surface area contributed by atoms with Crippen molar-refractivity contribution in [3.05, 3.63) is 28.4 Å². The molecule has 7 heteroatoms. The lowest BCUT2D eigenvalue weighted by Crippen LogP contribution is -2.07. The van der Waals surface area contributed by atoms with Crippen LogP contribution >= 0.6 is 0 Å². The fraction of sp³-hybridized carbons (Fsp3) is 0.286. The normalized spacial score (nSPS) is 10.2. The smallest absolute Gasteiger partial charge is 0.287 e. The number of ether oxygens (including phenoxy) is 1. The molecule has 0 saturated carbocycles. The van der Waals surface area contributed by atoms with Crippen LogP contribution in [0.4, 0.5) is 14.5 Å². The van der Waals surface area contributed by atoms with Gasteiger partial charge in [-0.25, -0.2) is 13.8 Å². The molecular weight excluding hydrogens is 198 g/mol. The molecule has 0 bridgehead atoms. The van der Waals surface area contributed by atoms with Gasteiger partial charge < -0.3 is 4.74 Å². The highest BCUT2D eigenvalue weighted by atomic mass is 19.3. The zero-order chi connectivity index (χ0) is 10.6. The third-order valence-corrected chi connectivity index (χ3v) is 1.29. The van der Waals surface area contributed by atoms with Gasteiger partial charge in [0, 0.05) is 12.1 Å². The van der Waals surface area contributed by atoms with E-state index in [1.54, 1.807) is 0 Å². The van der Waals surface area contributed by atoms with Gasteiger partial charge in [0.25, 0.3) is 12.1 Å². The molecule has 76 valence electrons. The number of rotatable bonds is 4. The molecule has 0 unspecified atom stereocenters. The third kappa shape index (κ3) is 2.92. The predicted octanol–water partition coefficient (Wildman–Crippen LogP) is 1.63. The van der Waals surface area contributed by atoms with Crippen LogP contribution in [0.25, 0.3) is 0 Å². The summed E-state index contributed by atoms with van der Waals surface area (Å²) in [6.07, 6.45) is -1.65. The maximum Gasteiger partial charge on any atom is 0.287 e. The van der Waals surface area contributed by atoms with Crippen molar-refractivity contribution >= 4 is 5.69 Å². The molecule has 0 atom stereocenters. The second kappa shape index (κ2) is 4.45. The summed E-state index contributed by atoms with van der Waals surface area (Å²) in [5.41, 5.74) is -0.214. The quantitative estimate of drug-likeness (QED) is 0.552. The fourth-order valence-electron chi connectivity index (χ4n) is 0.714. The van der Waals surface area contributed by atoms with E-state index in [1.807, 2.05) is 0 Å². The van der Waals surface area contributed by atoms with Gasteiger partial charge in [-0.3, -0.25) is 10.1 Å². The summed E-state index contributed by atoms with van der Waals surface area (Å²) in [7, 11) is 0. The maximum absolute atomic E-state index is 11.7. The number of hydrogen-bond donors (Lipinski definition) is 0. The second-order valence-electron chi connectivity index (χ2n) is 2.31. The van der Waals surface area contributed by atoms with Crippen molar-refractivity contribution in [3.63, 3.8) is 0 Å². The Labute approximate surface area is 77.5 Å². The van der Waals surface area contributed by atoms with Crippen LogP contribution in [-0.4, -0.2) is 22.9 Å². The van der Waals surface area contributed by atoms with Crippen LogP contribution in [0.1, 0.15) is 0 Å². The van der Waals surface area contributed by atoms with Gasteiger partial charge in [0.2, 0.25) is 5.88 Å². The van der Waals surface area contributed by atoms with Gasteiger partial charge in [0.1, 0.15) is 6.20 Å². The van der Waals surface area contributed by atoms with Gasteiger partial charge in [-0.15, -0.1) is 0 Å². The zero-order valence-corrected chi connectivity index (χ0v) is 6.89. The predicted molar refractivity (Wildman–Crippen MR) is 42.4 cm³/mol. The molecule has 0 N–H and O–H groups in total. The molecule has 0 aliphatic heterocycles. The van der Waals surface area contributed by atoms with Gasteiger partial charge in [-0.1, -0.05) is 0 Å². The van der Waals surface area contributed by atoms with Crippen LogP contribution in [0.3, 0.4) is 0 Å². The van der Waals surface area contributed by atoms with E-state index < -0.39 is 18.0 Å². The van der Waals surface area contributed by atoms with Crippen LogP contribution in [0, 0.1) is 10.1 Å². The molecule has 0 saturated heterocycles. The summed E-state index contributed by atoms with van der Waals surface area (Å²) < 4.78 is 27.9. The molecule has 5 nitrogen and oxygen atoms in total. The number of aromatic nitrogens is 1. The largest absolute Gasteiger partial charge is 0.472 e. The summed E-state index contributed by atoms with van der Waals surface area (Å²) in [5, 5.41) is 10.2. The van der Waals surface area contributed by atoms with E-state index in [2.05, 4.69) is 9.72 Å². The Hall–Kier alpha value is -1.79. The summed E-state index contributed by atoms with van der Waals surface area (Å²) in [4.78, 5) is 13.0. The van der Waals surface area contributed by atoms with Gasteiger partial charge in [-0.2, -0.15) is 0 Å². The number of halogens is 2. The van der Waals surface area contributed by atoms with E-state index >= 15 is 0 Å². The first-order valence-electron chi connectivity index (χ1n) is 3.61. The van der Waals surface area contributed by atoms with Crippen molar-refractivity contribution in [2.24, 2.45) is 0 Å². The SMILES string of the molecule is O=[N+]([O-])c1ccc(OCC(F)F)nc1. The lowest BCUT2D eigenvalue weighted by atomic mass is 10.4. The monoisotopic (exact) mass is 204 g/mol. The van der Waals surface area contributed by atoms with Crippen molar-refractivity contribution in [2.45, 2.75) is 6.43 Å². The van der Waals surface area contributed by atoms with Crippen molar-refractivity contribution in [1.29, 1.82) is 0 Å². The lowest BCUT2D eigenvalue weighted by Gasteiger charge is -2.02. The highest BCUT2D eigenvalue weighted by Gasteiger charge is 2.07. The van der Waals surface area contributed by atoms with Crippen molar-refractivity contribution < 1.29 is 18.4 Å². The molecule has 0 aliphatic carbocycles. The Kier molecular flexibility index (Phi) is 3.27. The van der Waals surface area contributed by atoms with Crippen LogP contribution in [0.5, 0.6) is 5.88 Å². The van der Waals surface area contributed by atoms with E-state index in [9.17, 15) is 18.9 Å². The number of nitrogens with zero attached hydrogens (tertiary/aromatic N) is 2. The van der Waals surface area contributed by atoms with Crippen molar-refractivity contribution in [1.82, 2.24) is 4.98 Å². The maximum atomic E-state index is 11.7. The first-order chi connectivity index (χ1) is 6.59. The Bertz CT molecular complexity index is 315. The van der Waals surface area contributed by atoms with E-state index in [0.717, 1.165) is 12.3 Å². The van der Waals surface area contributed by atoms with Crippen LogP contribution in [0.2, 0.25) is 0 Å². The fourth-order valence-corrected chi connectivity index (χ4v) is 0.714. The molecule has 0 aromatic carbocycles. The first kappa shape index (κ1) is 10.3. The summed E-state index contributed by atoms with van der Waals surface area (Å²) >= 11 is 0. The molecule has 0 amide bonds. The Balaban J connectivity index is 2.60. The van der Waals surface area contributed by atoms with Crippen molar-refractivity contribution in [3.8, 4) is 5.88 Å². The highest BCUT2D eigenvalue weighted by Crippen LogP contribution is 2.13. The van der Waals surface area contributed by atoms with E-state index in [-0.39, 0.29) is 11.6 Å². The topological polar surface area (TPSA) is 65.3 Å². The Morgan fingerprint density at radius 1 is 1.57 bits per heavy atom. The van der Waals surface area contributed by atoms with Gasteiger partial charge in [0.05, 0.1) is 4.92 Å². The number of pyridine rings is 1. The van der Waals surface area contributed by atoms with Crippen molar-refractivity contribution in [2.75, 3.05) is 6.61 Å². The summed E-state index contributed by atoms with van der Waals surface area (Å²) in [6.45, 7) is -0.773. The molecule has 0 radical (unpaired) electrons. The highest BCUT2D eigenvalue weighted by molar-refractivity contribution is 5.28. The van der Waals surface area contributed by atoms with Gasteiger partial charge >= 0.3 is 0 Å². The molecular formula is C7H6F2N2O3. The Morgan fingerprint density at radius 3 is 2.71 bits per heavy atom. The van der Waals surface area contributed by atoms with E-state index in [1.165, 1.54) is 6.07 Å². The van der Waals surface area contributed by atoms with E-state index in [4.69, 9.17) is 0 Å².